The molecule has 1 saturated heterocycles. The van der Waals surface area contributed by atoms with Gasteiger partial charge in [-0.2, -0.15) is 0 Å². The van der Waals surface area contributed by atoms with E-state index in [2.05, 4.69) is 15.1 Å². The normalized spacial score (nSPS) is 17.6. The summed E-state index contributed by atoms with van der Waals surface area (Å²) in [4.78, 5) is 23.2. The van der Waals surface area contributed by atoms with Gasteiger partial charge in [0.1, 0.15) is 12.1 Å². The third kappa shape index (κ3) is 3.68. The minimum absolute atomic E-state index is 0.0172. The Labute approximate surface area is 159 Å². The van der Waals surface area contributed by atoms with Crippen LogP contribution in [0.15, 0.2) is 10.9 Å². The predicted octanol–water partition coefficient (Wildman–Crippen LogP) is 2.89. The SMILES string of the molecule is Cc1ncnc(OCC2CCN(C(=O)c3noc4c3CCCC4)CC2)c1C. The van der Waals surface area contributed by atoms with Crippen molar-refractivity contribution >= 4 is 5.91 Å². The first-order valence-electron chi connectivity index (χ1n) is 9.81. The summed E-state index contributed by atoms with van der Waals surface area (Å²) in [7, 11) is 0. The van der Waals surface area contributed by atoms with Crippen LogP contribution in [0.5, 0.6) is 5.88 Å². The third-order valence-electron chi connectivity index (χ3n) is 5.80. The Balaban J connectivity index is 1.32. The molecule has 3 heterocycles. The number of ether oxygens (including phenoxy) is 1. The van der Waals surface area contributed by atoms with E-state index in [1.54, 1.807) is 0 Å². The highest BCUT2D eigenvalue weighted by Crippen LogP contribution is 2.27. The van der Waals surface area contributed by atoms with Crippen LogP contribution >= 0.6 is 0 Å². The van der Waals surface area contributed by atoms with Gasteiger partial charge in [-0.1, -0.05) is 5.16 Å². The van der Waals surface area contributed by atoms with Gasteiger partial charge in [0.05, 0.1) is 6.61 Å². The zero-order valence-electron chi connectivity index (χ0n) is 16.0. The van der Waals surface area contributed by atoms with E-state index in [4.69, 9.17) is 9.26 Å². The number of carbonyl (C=O) groups excluding carboxylic acids is 1. The van der Waals surface area contributed by atoms with Crippen LogP contribution in [0, 0.1) is 19.8 Å². The van der Waals surface area contributed by atoms with Gasteiger partial charge in [-0.05, 0) is 51.9 Å². The number of hydrogen-bond donors (Lipinski definition) is 0. The lowest BCUT2D eigenvalue weighted by atomic mass is 9.94. The number of fused-ring (bicyclic) bond motifs is 1. The van der Waals surface area contributed by atoms with E-state index in [0.717, 1.165) is 74.2 Å². The number of carbonyl (C=O) groups is 1. The molecule has 2 aliphatic rings. The molecule has 0 atom stereocenters. The quantitative estimate of drug-likeness (QED) is 0.823. The molecule has 0 N–H and O–H groups in total. The summed E-state index contributed by atoms with van der Waals surface area (Å²) in [5, 5.41) is 4.08. The van der Waals surface area contributed by atoms with Gasteiger partial charge in [-0.3, -0.25) is 4.79 Å². The van der Waals surface area contributed by atoms with Crippen LogP contribution in [0.4, 0.5) is 0 Å². The maximum absolute atomic E-state index is 12.9. The van der Waals surface area contributed by atoms with Crippen molar-refractivity contribution in [3.05, 3.63) is 34.6 Å². The molecule has 27 heavy (non-hydrogen) atoms. The van der Waals surface area contributed by atoms with Crippen LogP contribution in [0.3, 0.4) is 0 Å². The van der Waals surface area contributed by atoms with Crippen molar-refractivity contribution < 1.29 is 14.1 Å². The molecule has 1 aliphatic heterocycles. The Morgan fingerprint density at radius 1 is 1.22 bits per heavy atom. The molecule has 1 aliphatic carbocycles. The third-order valence-corrected chi connectivity index (χ3v) is 5.80. The van der Waals surface area contributed by atoms with Crippen molar-refractivity contribution in [2.75, 3.05) is 19.7 Å². The van der Waals surface area contributed by atoms with Crippen LogP contribution in [-0.2, 0) is 12.8 Å². The van der Waals surface area contributed by atoms with E-state index in [1.807, 2.05) is 18.7 Å². The zero-order chi connectivity index (χ0) is 18.8. The van der Waals surface area contributed by atoms with Crippen LogP contribution in [0.2, 0.25) is 0 Å². The molecule has 7 nitrogen and oxygen atoms in total. The van der Waals surface area contributed by atoms with Crippen LogP contribution in [-0.4, -0.2) is 45.6 Å². The molecule has 2 aromatic heterocycles. The number of hydrogen-bond acceptors (Lipinski definition) is 6. The minimum atomic E-state index is 0.0172. The monoisotopic (exact) mass is 370 g/mol. The lowest BCUT2D eigenvalue weighted by molar-refractivity contribution is 0.0648. The van der Waals surface area contributed by atoms with Crippen LogP contribution in [0.1, 0.15) is 58.8 Å². The van der Waals surface area contributed by atoms with Crippen molar-refractivity contribution in [2.45, 2.75) is 52.4 Å². The van der Waals surface area contributed by atoms with Crippen molar-refractivity contribution in [1.82, 2.24) is 20.0 Å². The van der Waals surface area contributed by atoms with Gasteiger partial charge in [-0.25, -0.2) is 9.97 Å². The number of aromatic nitrogens is 3. The van der Waals surface area contributed by atoms with Gasteiger partial charge in [0.15, 0.2) is 5.69 Å². The topological polar surface area (TPSA) is 81.4 Å². The first kappa shape index (κ1) is 17.9. The van der Waals surface area contributed by atoms with Gasteiger partial charge in [0.2, 0.25) is 5.88 Å². The van der Waals surface area contributed by atoms with E-state index in [0.29, 0.717) is 24.1 Å². The first-order chi connectivity index (χ1) is 13.1. The molecular formula is C20H26N4O3. The molecule has 1 amide bonds. The zero-order valence-corrected chi connectivity index (χ0v) is 16.0. The highest BCUT2D eigenvalue weighted by atomic mass is 16.5. The Morgan fingerprint density at radius 3 is 2.81 bits per heavy atom. The number of amides is 1. The second kappa shape index (κ2) is 7.66. The van der Waals surface area contributed by atoms with E-state index < -0.39 is 0 Å². The number of likely N-dealkylation sites (tertiary alicyclic amines) is 1. The second-order valence-electron chi connectivity index (χ2n) is 7.58. The van der Waals surface area contributed by atoms with Crippen molar-refractivity contribution in [1.29, 1.82) is 0 Å². The van der Waals surface area contributed by atoms with Gasteiger partial charge >= 0.3 is 0 Å². The maximum Gasteiger partial charge on any atom is 0.276 e. The van der Waals surface area contributed by atoms with Crippen molar-refractivity contribution in [2.24, 2.45) is 5.92 Å². The van der Waals surface area contributed by atoms with Crippen LogP contribution < -0.4 is 4.74 Å². The summed E-state index contributed by atoms with van der Waals surface area (Å²) in [6.45, 7) is 6.02. The molecule has 0 aromatic carbocycles. The average molecular weight is 370 g/mol. The van der Waals surface area contributed by atoms with Gasteiger partial charge < -0.3 is 14.2 Å². The molecule has 4 rings (SSSR count). The smallest absolute Gasteiger partial charge is 0.276 e. The largest absolute Gasteiger partial charge is 0.477 e. The van der Waals surface area contributed by atoms with Gasteiger partial charge in [0, 0.05) is 36.3 Å². The average Bonchev–Trinajstić information content (AvgIpc) is 3.13. The highest BCUT2D eigenvalue weighted by molar-refractivity contribution is 5.94. The van der Waals surface area contributed by atoms with Crippen molar-refractivity contribution in [3.8, 4) is 5.88 Å². The highest BCUT2D eigenvalue weighted by Gasteiger charge is 2.30. The summed E-state index contributed by atoms with van der Waals surface area (Å²) in [5.74, 6) is 2.01. The molecule has 0 saturated carbocycles. The predicted molar refractivity (Wildman–Crippen MR) is 98.8 cm³/mol. The summed E-state index contributed by atoms with van der Waals surface area (Å²) in [6, 6.07) is 0. The Hall–Kier alpha value is -2.44. The van der Waals surface area contributed by atoms with E-state index in [1.165, 1.54) is 6.33 Å². The number of piperidine rings is 1. The Morgan fingerprint density at radius 2 is 2.00 bits per heavy atom. The maximum atomic E-state index is 12.9. The number of rotatable bonds is 4. The summed E-state index contributed by atoms with van der Waals surface area (Å²) < 4.78 is 11.3. The molecule has 0 spiro atoms. The molecule has 0 bridgehead atoms. The summed E-state index contributed by atoms with van der Waals surface area (Å²) in [5.41, 5.74) is 3.50. The fraction of sp³-hybridized carbons (Fsp3) is 0.600. The first-order valence-corrected chi connectivity index (χ1v) is 9.81. The molecule has 0 radical (unpaired) electrons. The number of aryl methyl sites for hydroxylation is 2. The minimum Gasteiger partial charge on any atom is -0.477 e. The molecule has 144 valence electrons. The molecule has 7 heteroatoms. The summed E-state index contributed by atoms with van der Waals surface area (Å²) >= 11 is 0. The van der Waals surface area contributed by atoms with E-state index in [9.17, 15) is 4.79 Å². The van der Waals surface area contributed by atoms with Gasteiger partial charge in [0.25, 0.3) is 5.91 Å². The van der Waals surface area contributed by atoms with E-state index >= 15 is 0 Å². The Kier molecular flexibility index (Phi) is 5.09. The van der Waals surface area contributed by atoms with Crippen molar-refractivity contribution in [3.63, 3.8) is 0 Å². The molecular weight excluding hydrogens is 344 g/mol. The second-order valence-corrected chi connectivity index (χ2v) is 7.58. The number of nitrogens with zero attached hydrogens (tertiary/aromatic N) is 4. The summed E-state index contributed by atoms with van der Waals surface area (Å²) in [6.07, 6.45) is 7.42. The Bertz CT molecular complexity index is 825. The van der Waals surface area contributed by atoms with Gasteiger partial charge in [-0.15, -0.1) is 0 Å². The van der Waals surface area contributed by atoms with E-state index in [-0.39, 0.29) is 5.91 Å². The van der Waals surface area contributed by atoms with Crippen LogP contribution in [0.25, 0.3) is 0 Å². The molecule has 2 aromatic rings. The lowest BCUT2D eigenvalue weighted by Crippen LogP contribution is -2.40. The standard InChI is InChI=1S/C20H26N4O3/c1-13-14(2)21-12-22-19(13)26-11-15-7-9-24(10-8-15)20(25)18-16-5-3-4-6-17(16)27-23-18/h12,15H,3-11H2,1-2H3. The lowest BCUT2D eigenvalue weighted by Gasteiger charge is -2.31. The fourth-order valence-electron chi connectivity index (χ4n) is 3.86. The molecule has 1 fully saturated rings. The fourth-order valence-corrected chi connectivity index (χ4v) is 3.86. The molecule has 0 unspecified atom stereocenters.